The van der Waals surface area contributed by atoms with Crippen molar-refractivity contribution in [2.75, 3.05) is 18.0 Å². The van der Waals surface area contributed by atoms with Crippen LogP contribution in [0.4, 0.5) is 5.69 Å². The van der Waals surface area contributed by atoms with Gasteiger partial charge in [-0.3, -0.25) is 4.79 Å². The smallest absolute Gasteiger partial charge is 0.246 e. The Labute approximate surface area is 113 Å². The summed E-state index contributed by atoms with van der Waals surface area (Å²) in [5, 5.41) is 3.97. The molecule has 4 heteroatoms. The van der Waals surface area contributed by atoms with Crippen LogP contribution in [0, 0.1) is 5.92 Å². The van der Waals surface area contributed by atoms with Gasteiger partial charge in [-0.05, 0) is 38.0 Å². The quantitative estimate of drug-likeness (QED) is 0.848. The third kappa shape index (κ3) is 2.68. The molecule has 1 aromatic carbocycles. The van der Waals surface area contributed by atoms with Crippen molar-refractivity contribution in [3.8, 4) is 0 Å². The highest BCUT2D eigenvalue weighted by Crippen LogP contribution is 2.25. The molecular weight excluding hydrogens is 248 g/mol. The number of amides is 1. The van der Waals surface area contributed by atoms with Gasteiger partial charge >= 0.3 is 0 Å². The molecule has 1 amide bonds. The van der Waals surface area contributed by atoms with Crippen molar-refractivity contribution in [2.24, 2.45) is 5.92 Å². The second-order valence-corrected chi connectivity index (χ2v) is 5.94. The Bertz CT molecular complexity index is 459. The third-order valence-electron chi connectivity index (χ3n) is 3.29. The number of nitrogens with zero attached hydrogens (tertiary/aromatic N) is 1. The molecule has 3 nitrogen and oxygen atoms in total. The molecule has 0 aliphatic carbocycles. The van der Waals surface area contributed by atoms with Crippen molar-refractivity contribution in [1.29, 1.82) is 0 Å². The van der Waals surface area contributed by atoms with Crippen molar-refractivity contribution in [3.63, 3.8) is 0 Å². The van der Waals surface area contributed by atoms with E-state index in [-0.39, 0.29) is 5.91 Å². The zero-order valence-electron chi connectivity index (χ0n) is 11.0. The van der Waals surface area contributed by atoms with Gasteiger partial charge in [0.25, 0.3) is 0 Å². The van der Waals surface area contributed by atoms with Gasteiger partial charge in [0.2, 0.25) is 5.91 Å². The van der Waals surface area contributed by atoms with Gasteiger partial charge in [0.05, 0.1) is 5.54 Å². The van der Waals surface area contributed by atoms with E-state index in [1.807, 2.05) is 43.0 Å². The first kappa shape index (κ1) is 13.4. The van der Waals surface area contributed by atoms with Gasteiger partial charge in [-0.15, -0.1) is 0 Å². The minimum Gasteiger partial charge on any atom is -0.310 e. The lowest BCUT2D eigenvalue weighted by molar-refractivity contribution is -0.123. The highest BCUT2D eigenvalue weighted by atomic mass is 35.5. The highest BCUT2D eigenvalue weighted by Gasteiger charge is 2.36. The van der Waals surface area contributed by atoms with Crippen molar-refractivity contribution >= 4 is 23.2 Å². The van der Waals surface area contributed by atoms with Crippen molar-refractivity contribution < 1.29 is 4.79 Å². The Morgan fingerprint density at radius 3 is 2.83 bits per heavy atom. The number of anilines is 1. The molecule has 1 aliphatic heterocycles. The normalized spacial score (nSPS) is 23.9. The molecule has 1 fully saturated rings. The maximum Gasteiger partial charge on any atom is 0.246 e. The summed E-state index contributed by atoms with van der Waals surface area (Å²) in [7, 11) is 0. The molecule has 1 aliphatic rings. The number of rotatable bonds is 1. The van der Waals surface area contributed by atoms with Crippen molar-refractivity contribution in [1.82, 2.24) is 5.32 Å². The number of halogens is 1. The molecule has 1 heterocycles. The average Bonchev–Trinajstić information content (AvgIpc) is 2.41. The average molecular weight is 267 g/mol. The Morgan fingerprint density at radius 2 is 2.17 bits per heavy atom. The molecule has 1 atom stereocenters. The van der Waals surface area contributed by atoms with Gasteiger partial charge in [0.15, 0.2) is 0 Å². The highest BCUT2D eigenvalue weighted by molar-refractivity contribution is 6.30. The van der Waals surface area contributed by atoms with Crippen LogP contribution in [0.2, 0.25) is 5.02 Å². The van der Waals surface area contributed by atoms with Gasteiger partial charge in [0.1, 0.15) is 0 Å². The van der Waals surface area contributed by atoms with Crippen LogP contribution in [0.5, 0.6) is 0 Å². The van der Waals surface area contributed by atoms with E-state index in [4.69, 9.17) is 11.6 Å². The Morgan fingerprint density at radius 1 is 1.44 bits per heavy atom. The molecule has 0 radical (unpaired) electrons. The van der Waals surface area contributed by atoms with E-state index < -0.39 is 5.54 Å². The predicted octanol–water partition coefficient (Wildman–Crippen LogP) is 2.69. The predicted molar refractivity (Wildman–Crippen MR) is 75.1 cm³/mol. The summed E-state index contributed by atoms with van der Waals surface area (Å²) in [6.45, 7) is 7.54. The summed E-state index contributed by atoms with van der Waals surface area (Å²) in [6.07, 6.45) is 0. The van der Waals surface area contributed by atoms with Crippen LogP contribution in [-0.2, 0) is 4.79 Å². The Balaban J connectivity index is 2.37. The third-order valence-corrected chi connectivity index (χ3v) is 3.52. The molecule has 0 saturated carbocycles. The van der Waals surface area contributed by atoms with E-state index in [2.05, 4.69) is 12.2 Å². The number of benzene rings is 1. The van der Waals surface area contributed by atoms with E-state index in [1.165, 1.54) is 0 Å². The monoisotopic (exact) mass is 266 g/mol. The molecule has 1 N–H and O–H groups in total. The van der Waals surface area contributed by atoms with E-state index in [0.29, 0.717) is 10.9 Å². The lowest BCUT2D eigenvalue weighted by Gasteiger charge is -2.29. The lowest BCUT2D eigenvalue weighted by Crippen LogP contribution is -2.51. The van der Waals surface area contributed by atoms with Crippen LogP contribution >= 0.6 is 11.6 Å². The van der Waals surface area contributed by atoms with Crippen LogP contribution in [0.15, 0.2) is 24.3 Å². The van der Waals surface area contributed by atoms with Crippen LogP contribution in [0.25, 0.3) is 0 Å². The summed E-state index contributed by atoms with van der Waals surface area (Å²) in [4.78, 5) is 14.4. The van der Waals surface area contributed by atoms with Gasteiger partial charge in [-0.25, -0.2) is 0 Å². The first-order valence-electron chi connectivity index (χ1n) is 6.23. The van der Waals surface area contributed by atoms with Gasteiger partial charge < -0.3 is 10.2 Å². The Hall–Kier alpha value is -1.06. The van der Waals surface area contributed by atoms with Crippen LogP contribution in [0.3, 0.4) is 0 Å². The number of carbonyl (C=O) groups is 1. The molecular formula is C14H19ClN2O. The minimum absolute atomic E-state index is 0.0918. The molecule has 1 aromatic rings. The standard InChI is InChI=1S/C14H19ClN2O/c1-10-8-16-14(2,3)13(18)17(9-10)12-6-4-5-11(15)7-12/h4-7,10,16H,8-9H2,1-3H3. The van der Waals surface area contributed by atoms with E-state index in [0.717, 1.165) is 18.8 Å². The fraction of sp³-hybridized carbons (Fsp3) is 0.500. The van der Waals surface area contributed by atoms with E-state index in [1.54, 1.807) is 0 Å². The summed E-state index contributed by atoms with van der Waals surface area (Å²) in [6, 6.07) is 7.46. The molecule has 98 valence electrons. The maximum absolute atomic E-state index is 12.5. The molecule has 1 unspecified atom stereocenters. The number of carbonyl (C=O) groups excluding carboxylic acids is 1. The van der Waals surface area contributed by atoms with Crippen LogP contribution < -0.4 is 10.2 Å². The molecule has 0 spiro atoms. The molecule has 1 saturated heterocycles. The number of nitrogens with one attached hydrogen (secondary N) is 1. The van der Waals surface area contributed by atoms with E-state index in [9.17, 15) is 4.79 Å². The van der Waals surface area contributed by atoms with E-state index >= 15 is 0 Å². The zero-order chi connectivity index (χ0) is 13.3. The first-order chi connectivity index (χ1) is 8.40. The molecule has 2 rings (SSSR count). The summed E-state index contributed by atoms with van der Waals surface area (Å²) < 4.78 is 0. The second kappa shape index (κ2) is 4.90. The molecule has 0 aromatic heterocycles. The summed E-state index contributed by atoms with van der Waals surface area (Å²) in [5.74, 6) is 0.504. The van der Waals surface area contributed by atoms with Crippen LogP contribution in [-0.4, -0.2) is 24.5 Å². The van der Waals surface area contributed by atoms with Gasteiger partial charge in [0, 0.05) is 23.8 Å². The minimum atomic E-state index is -0.535. The second-order valence-electron chi connectivity index (χ2n) is 5.51. The largest absolute Gasteiger partial charge is 0.310 e. The fourth-order valence-electron chi connectivity index (χ4n) is 2.17. The maximum atomic E-state index is 12.5. The molecule has 18 heavy (non-hydrogen) atoms. The molecule has 0 bridgehead atoms. The number of hydrogen-bond donors (Lipinski definition) is 1. The Kier molecular flexibility index (Phi) is 3.64. The summed E-state index contributed by atoms with van der Waals surface area (Å²) in [5.41, 5.74) is 0.337. The van der Waals surface area contributed by atoms with Gasteiger partial charge in [-0.1, -0.05) is 24.6 Å². The number of hydrogen-bond acceptors (Lipinski definition) is 2. The zero-order valence-corrected chi connectivity index (χ0v) is 11.8. The lowest BCUT2D eigenvalue weighted by atomic mass is 10.0. The van der Waals surface area contributed by atoms with Gasteiger partial charge in [-0.2, -0.15) is 0 Å². The van der Waals surface area contributed by atoms with Crippen LogP contribution in [0.1, 0.15) is 20.8 Å². The van der Waals surface area contributed by atoms with Crippen molar-refractivity contribution in [2.45, 2.75) is 26.3 Å². The van der Waals surface area contributed by atoms with Crippen molar-refractivity contribution in [3.05, 3.63) is 29.3 Å². The summed E-state index contributed by atoms with van der Waals surface area (Å²) >= 11 is 6.01. The SMILES string of the molecule is CC1CNC(C)(C)C(=O)N(c2cccc(Cl)c2)C1. The first-order valence-corrected chi connectivity index (χ1v) is 6.60. The topological polar surface area (TPSA) is 32.3 Å². The fourth-order valence-corrected chi connectivity index (χ4v) is 2.35.